The number of pyridine rings is 1. The van der Waals surface area contributed by atoms with Crippen LogP contribution in [-0.2, 0) is 11.3 Å². The highest BCUT2D eigenvalue weighted by Crippen LogP contribution is 2.28. The number of likely N-dealkylation sites (tertiary alicyclic amines) is 1. The molecule has 0 amide bonds. The zero-order valence-electron chi connectivity index (χ0n) is 16.2. The lowest BCUT2D eigenvalue weighted by Gasteiger charge is -2.38. The standard InChI is InChI=1S/C22H35N3O/c1-2-7-21(6-1)25-12-9-19(10-13-25)16-24(18-22-8-4-14-26-22)17-20-5-3-11-23-15-20/h3,5,11,15,19,21-22H,1-2,4,6-10,12-14,16-18H2. The molecule has 1 unspecified atom stereocenters. The largest absolute Gasteiger partial charge is 0.377 e. The van der Waals surface area contributed by atoms with E-state index in [2.05, 4.69) is 26.9 Å². The molecular weight excluding hydrogens is 322 g/mol. The fourth-order valence-corrected chi connectivity index (χ4v) is 5.17. The third-order valence-electron chi connectivity index (χ3n) is 6.62. The SMILES string of the molecule is c1cncc(CN(CC2CCN(C3CCCC3)CC2)CC2CCCO2)c1. The molecule has 0 N–H and O–H groups in total. The predicted octanol–water partition coefficient (Wildman–Crippen LogP) is 3.72. The zero-order chi connectivity index (χ0) is 17.6. The number of rotatable bonds is 7. The molecule has 4 nitrogen and oxygen atoms in total. The number of ether oxygens (including phenoxy) is 1. The van der Waals surface area contributed by atoms with Crippen LogP contribution < -0.4 is 0 Å². The molecule has 1 aromatic heterocycles. The Hall–Kier alpha value is -0.970. The van der Waals surface area contributed by atoms with Gasteiger partial charge in [-0.3, -0.25) is 9.88 Å². The van der Waals surface area contributed by atoms with E-state index in [-0.39, 0.29) is 0 Å². The molecule has 4 rings (SSSR count). The van der Waals surface area contributed by atoms with Crippen molar-refractivity contribution in [2.24, 2.45) is 5.92 Å². The molecule has 3 heterocycles. The summed E-state index contributed by atoms with van der Waals surface area (Å²) in [6.45, 7) is 6.89. The summed E-state index contributed by atoms with van der Waals surface area (Å²) in [5.41, 5.74) is 1.33. The van der Waals surface area contributed by atoms with Gasteiger partial charge in [0.05, 0.1) is 6.10 Å². The second-order valence-corrected chi connectivity index (χ2v) is 8.61. The van der Waals surface area contributed by atoms with Crippen molar-refractivity contribution in [3.8, 4) is 0 Å². The van der Waals surface area contributed by atoms with E-state index in [1.54, 1.807) is 0 Å². The Bertz CT molecular complexity index is 517. The number of hydrogen-bond acceptors (Lipinski definition) is 4. The first-order valence-electron chi connectivity index (χ1n) is 10.8. The smallest absolute Gasteiger partial charge is 0.0702 e. The summed E-state index contributed by atoms with van der Waals surface area (Å²) >= 11 is 0. The molecule has 2 aliphatic heterocycles. The lowest BCUT2D eigenvalue weighted by molar-refractivity contribution is 0.0539. The van der Waals surface area contributed by atoms with Crippen molar-refractivity contribution in [2.45, 2.75) is 70.1 Å². The average Bonchev–Trinajstić information content (AvgIpc) is 3.37. The Morgan fingerprint density at radius 1 is 1.04 bits per heavy atom. The highest BCUT2D eigenvalue weighted by atomic mass is 16.5. The lowest BCUT2D eigenvalue weighted by atomic mass is 9.94. The van der Waals surface area contributed by atoms with Crippen molar-refractivity contribution in [2.75, 3.05) is 32.8 Å². The van der Waals surface area contributed by atoms with Crippen LogP contribution in [0, 0.1) is 5.92 Å². The van der Waals surface area contributed by atoms with E-state index >= 15 is 0 Å². The molecule has 0 aromatic carbocycles. The molecule has 1 aromatic rings. The second-order valence-electron chi connectivity index (χ2n) is 8.61. The van der Waals surface area contributed by atoms with Crippen LogP contribution in [-0.4, -0.2) is 59.7 Å². The maximum atomic E-state index is 5.93. The van der Waals surface area contributed by atoms with Crippen molar-refractivity contribution in [3.63, 3.8) is 0 Å². The Balaban J connectivity index is 1.30. The summed E-state index contributed by atoms with van der Waals surface area (Å²) in [6.07, 6.45) is 15.3. The third kappa shape index (κ3) is 5.05. The summed E-state index contributed by atoms with van der Waals surface area (Å²) in [6, 6.07) is 5.16. The second kappa shape index (κ2) is 9.29. The number of piperidine rings is 1. The van der Waals surface area contributed by atoms with E-state index < -0.39 is 0 Å². The van der Waals surface area contributed by atoms with Gasteiger partial charge in [0.2, 0.25) is 0 Å². The van der Waals surface area contributed by atoms with Gasteiger partial charge in [-0.25, -0.2) is 0 Å². The minimum atomic E-state index is 0.435. The minimum Gasteiger partial charge on any atom is -0.377 e. The molecule has 2 saturated heterocycles. The van der Waals surface area contributed by atoms with Crippen molar-refractivity contribution in [3.05, 3.63) is 30.1 Å². The molecule has 0 radical (unpaired) electrons. The first-order valence-corrected chi connectivity index (χ1v) is 10.8. The van der Waals surface area contributed by atoms with Gasteiger partial charge in [0, 0.05) is 44.7 Å². The molecule has 0 bridgehead atoms. The molecule has 3 aliphatic rings. The van der Waals surface area contributed by atoms with E-state index in [1.807, 2.05) is 12.4 Å². The van der Waals surface area contributed by atoms with Crippen LogP contribution in [0.15, 0.2) is 24.5 Å². The van der Waals surface area contributed by atoms with Crippen LogP contribution >= 0.6 is 0 Å². The molecule has 1 atom stereocenters. The molecule has 26 heavy (non-hydrogen) atoms. The van der Waals surface area contributed by atoms with E-state index in [4.69, 9.17) is 4.74 Å². The van der Waals surface area contributed by atoms with Crippen molar-refractivity contribution in [1.82, 2.24) is 14.8 Å². The first kappa shape index (κ1) is 18.4. The Labute approximate surface area is 158 Å². The van der Waals surface area contributed by atoms with Gasteiger partial charge in [-0.15, -0.1) is 0 Å². The fourth-order valence-electron chi connectivity index (χ4n) is 5.17. The Morgan fingerprint density at radius 2 is 1.88 bits per heavy atom. The van der Waals surface area contributed by atoms with Crippen LogP contribution in [0.5, 0.6) is 0 Å². The van der Waals surface area contributed by atoms with Crippen LogP contribution in [0.4, 0.5) is 0 Å². The van der Waals surface area contributed by atoms with Crippen LogP contribution in [0.3, 0.4) is 0 Å². The van der Waals surface area contributed by atoms with Crippen LogP contribution in [0.25, 0.3) is 0 Å². The quantitative estimate of drug-likeness (QED) is 0.744. The number of hydrogen-bond donors (Lipinski definition) is 0. The summed E-state index contributed by atoms with van der Waals surface area (Å²) in [5.74, 6) is 0.839. The van der Waals surface area contributed by atoms with Gasteiger partial charge in [0.25, 0.3) is 0 Å². The van der Waals surface area contributed by atoms with E-state index in [0.717, 1.165) is 31.7 Å². The van der Waals surface area contributed by atoms with Crippen LogP contribution in [0.2, 0.25) is 0 Å². The van der Waals surface area contributed by atoms with Gasteiger partial charge >= 0.3 is 0 Å². The first-order chi connectivity index (χ1) is 12.9. The highest BCUT2D eigenvalue weighted by molar-refractivity contribution is 5.08. The van der Waals surface area contributed by atoms with Gasteiger partial charge in [0.15, 0.2) is 0 Å². The molecule has 1 aliphatic carbocycles. The van der Waals surface area contributed by atoms with Crippen LogP contribution in [0.1, 0.15) is 56.9 Å². The fraction of sp³-hybridized carbons (Fsp3) is 0.773. The summed E-state index contributed by atoms with van der Waals surface area (Å²) in [5, 5.41) is 0. The minimum absolute atomic E-state index is 0.435. The lowest BCUT2D eigenvalue weighted by Crippen LogP contribution is -2.43. The van der Waals surface area contributed by atoms with Gasteiger partial charge in [0.1, 0.15) is 0 Å². The van der Waals surface area contributed by atoms with E-state index in [9.17, 15) is 0 Å². The average molecular weight is 358 g/mol. The highest BCUT2D eigenvalue weighted by Gasteiger charge is 2.28. The van der Waals surface area contributed by atoms with Gasteiger partial charge in [-0.05, 0) is 69.2 Å². The van der Waals surface area contributed by atoms with Crippen molar-refractivity contribution < 1.29 is 4.74 Å². The maximum Gasteiger partial charge on any atom is 0.0702 e. The van der Waals surface area contributed by atoms with E-state index in [1.165, 1.54) is 76.6 Å². The Kier molecular flexibility index (Phi) is 6.58. The van der Waals surface area contributed by atoms with Crippen molar-refractivity contribution >= 4 is 0 Å². The Morgan fingerprint density at radius 3 is 2.58 bits per heavy atom. The molecule has 3 fully saturated rings. The van der Waals surface area contributed by atoms with E-state index in [0.29, 0.717) is 6.10 Å². The summed E-state index contributed by atoms with van der Waals surface area (Å²) in [7, 11) is 0. The van der Waals surface area contributed by atoms with Crippen molar-refractivity contribution in [1.29, 1.82) is 0 Å². The van der Waals surface area contributed by atoms with Gasteiger partial charge < -0.3 is 9.64 Å². The summed E-state index contributed by atoms with van der Waals surface area (Å²) in [4.78, 5) is 9.73. The molecule has 144 valence electrons. The molecule has 0 spiro atoms. The third-order valence-corrected chi connectivity index (χ3v) is 6.62. The normalized spacial score (nSPS) is 26.1. The zero-order valence-corrected chi connectivity index (χ0v) is 16.2. The van der Waals surface area contributed by atoms with Gasteiger partial charge in [-0.1, -0.05) is 18.9 Å². The molecule has 1 saturated carbocycles. The monoisotopic (exact) mass is 357 g/mol. The summed E-state index contributed by atoms with van der Waals surface area (Å²) < 4.78 is 5.93. The predicted molar refractivity (Wildman–Crippen MR) is 105 cm³/mol. The topological polar surface area (TPSA) is 28.6 Å². The maximum absolute atomic E-state index is 5.93. The number of aromatic nitrogens is 1. The van der Waals surface area contributed by atoms with Gasteiger partial charge in [-0.2, -0.15) is 0 Å². The molecular formula is C22H35N3O. The number of nitrogens with zero attached hydrogens (tertiary/aromatic N) is 3. The molecule has 4 heteroatoms.